The summed E-state index contributed by atoms with van der Waals surface area (Å²) in [5, 5.41) is 11.2. The van der Waals surface area contributed by atoms with Crippen LogP contribution in [0.5, 0.6) is 0 Å². The maximum Gasteiger partial charge on any atom is 0.408 e. The number of esters is 1. The van der Waals surface area contributed by atoms with Gasteiger partial charge in [0.1, 0.15) is 11.6 Å². The first-order valence-corrected chi connectivity index (χ1v) is 6.61. The molecule has 0 bridgehead atoms. The van der Waals surface area contributed by atoms with Crippen LogP contribution in [0.2, 0.25) is 0 Å². The number of carbonyl (C=O) groups is 4. The lowest BCUT2D eigenvalue weighted by molar-refractivity contribution is -0.153. The smallest absolute Gasteiger partial charge is 0.408 e. The van der Waals surface area contributed by atoms with Crippen LogP contribution in [0.4, 0.5) is 4.79 Å². The molecule has 0 aromatic heterocycles. The minimum Gasteiger partial charge on any atom is -0.480 e. The lowest BCUT2D eigenvalue weighted by atomic mass is 10.1. The molecular weight excluding hydrogens is 296 g/mol. The Balaban J connectivity index is 4.64. The third-order valence-electron chi connectivity index (χ3n) is 2.33. The molecule has 0 spiro atoms. The van der Waals surface area contributed by atoms with Crippen molar-refractivity contribution < 1.29 is 33.8 Å². The summed E-state index contributed by atoms with van der Waals surface area (Å²) in [5.41, 5.74) is 4.28. The van der Waals surface area contributed by atoms with Crippen LogP contribution in [0, 0.1) is 0 Å². The number of carboxylic acids is 1. The minimum absolute atomic E-state index is 0.137. The van der Waals surface area contributed by atoms with Crippen molar-refractivity contribution in [3.63, 3.8) is 0 Å². The van der Waals surface area contributed by atoms with Crippen LogP contribution < -0.4 is 11.1 Å². The van der Waals surface area contributed by atoms with Crippen LogP contribution in [0.15, 0.2) is 0 Å². The van der Waals surface area contributed by atoms with Gasteiger partial charge in [-0.25, -0.2) is 9.59 Å². The van der Waals surface area contributed by atoms with E-state index in [-0.39, 0.29) is 12.8 Å². The Labute approximate surface area is 128 Å². The summed E-state index contributed by atoms with van der Waals surface area (Å²) < 4.78 is 9.62. The second-order valence-corrected chi connectivity index (χ2v) is 5.61. The largest absolute Gasteiger partial charge is 0.480 e. The third-order valence-corrected chi connectivity index (χ3v) is 2.33. The molecule has 1 unspecified atom stereocenters. The van der Waals surface area contributed by atoms with Crippen molar-refractivity contribution in [3.8, 4) is 0 Å². The molecule has 0 aromatic carbocycles. The molecule has 0 fully saturated rings. The Hall–Kier alpha value is -2.32. The van der Waals surface area contributed by atoms with Crippen LogP contribution in [0.3, 0.4) is 0 Å². The summed E-state index contributed by atoms with van der Waals surface area (Å²) >= 11 is 0. The van der Waals surface area contributed by atoms with E-state index in [2.05, 4.69) is 10.1 Å². The van der Waals surface area contributed by atoms with E-state index in [1.807, 2.05) is 0 Å². The zero-order valence-electron chi connectivity index (χ0n) is 13.0. The summed E-state index contributed by atoms with van der Waals surface area (Å²) in [4.78, 5) is 44.6. The number of ether oxygens (including phenoxy) is 2. The molecule has 0 aliphatic carbocycles. The topological polar surface area (TPSA) is 145 Å². The van der Waals surface area contributed by atoms with Crippen molar-refractivity contribution in [3.05, 3.63) is 0 Å². The Bertz CT molecular complexity index is 442. The summed E-state index contributed by atoms with van der Waals surface area (Å²) in [6.45, 7) is 5.99. The first-order chi connectivity index (χ1) is 9.92. The van der Waals surface area contributed by atoms with Crippen molar-refractivity contribution in [2.24, 2.45) is 5.73 Å². The molecule has 9 heteroatoms. The first kappa shape index (κ1) is 19.7. The van der Waals surface area contributed by atoms with Crippen LogP contribution in [-0.4, -0.2) is 46.8 Å². The average Bonchev–Trinajstić information content (AvgIpc) is 2.29. The number of nitrogens with one attached hydrogen (secondary N) is 1. The van der Waals surface area contributed by atoms with Gasteiger partial charge in [0.25, 0.3) is 5.91 Å². The molecule has 0 saturated carbocycles. The average molecular weight is 318 g/mol. The number of carboxylic acid groups (broad SMARTS) is 1. The van der Waals surface area contributed by atoms with Gasteiger partial charge in [0.15, 0.2) is 6.10 Å². The molecular formula is C13H22N2O7. The predicted molar refractivity (Wildman–Crippen MR) is 74.8 cm³/mol. The van der Waals surface area contributed by atoms with E-state index in [1.54, 1.807) is 20.8 Å². The van der Waals surface area contributed by atoms with E-state index < -0.39 is 41.7 Å². The predicted octanol–water partition coefficient (Wildman–Crippen LogP) is 0.162. The Morgan fingerprint density at radius 2 is 1.73 bits per heavy atom. The van der Waals surface area contributed by atoms with E-state index in [0.717, 1.165) is 6.92 Å². The number of hydrogen-bond acceptors (Lipinski definition) is 6. The molecule has 22 heavy (non-hydrogen) atoms. The maximum absolute atomic E-state index is 11.6. The summed E-state index contributed by atoms with van der Waals surface area (Å²) in [6.07, 6.45) is -2.44. The molecule has 9 nitrogen and oxygen atoms in total. The minimum atomic E-state index is -1.31. The third kappa shape index (κ3) is 8.77. The van der Waals surface area contributed by atoms with Gasteiger partial charge < -0.3 is 25.6 Å². The van der Waals surface area contributed by atoms with Crippen molar-refractivity contribution in [1.82, 2.24) is 5.32 Å². The van der Waals surface area contributed by atoms with Crippen LogP contribution in [0.25, 0.3) is 0 Å². The van der Waals surface area contributed by atoms with Gasteiger partial charge in [0.2, 0.25) is 0 Å². The molecule has 0 aromatic rings. The molecule has 0 saturated heterocycles. The highest BCUT2D eigenvalue weighted by molar-refractivity contribution is 5.82. The monoisotopic (exact) mass is 318 g/mol. The fourth-order valence-corrected chi connectivity index (χ4v) is 1.48. The molecule has 0 heterocycles. The molecule has 0 radical (unpaired) electrons. The van der Waals surface area contributed by atoms with E-state index in [4.69, 9.17) is 15.6 Å². The van der Waals surface area contributed by atoms with Gasteiger partial charge in [-0.2, -0.15) is 0 Å². The zero-order chi connectivity index (χ0) is 17.5. The lowest BCUT2D eigenvalue weighted by Crippen LogP contribution is -2.44. The Kier molecular flexibility index (Phi) is 7.34. The fraction of sp³-hybridized carbons (Fsp3) is 0.692. The number of hydrogen-bond donors (Lipinski definition) is 3. The summed E-state index contributed by atoms with van der Waals surface area (Å²) in [5.74, 6) is -2.91. The van der Waals surface area contributed by atoms with E-state index in [0.29, 0.717) is 0 Å². The number of amides is 2. The SMILES string of the molecule is CC(=O)OC(CC[C@H](NC(=O)OC(C)(C)C)C(=O)O)C(N)=O. The van der Waals surface area contributed by atoms with Crippen LogP contribution in [0.1, 0.15) is 40.5 Å². The number of carbonyl (C=O) groups excluding carboxylic acids is 3. The quantitative estimate of drug-likeness (QED) is 0.567. The highest BCUT2D eigenvalue weighted by atomic mass is 16.6. The van der Waals surface area contributed by atoms with Crippen LogP contribution in [-0.2, 0) is 23.9 Å². The molecule has 2 amide bonds. The van der Waals surface area contributed by atoms with E-state index in [9.17, 15) is 19.2 Å². The molecule has 0 rings (SSSR count). The van der Waals surface area contributed by atoms with Gasteiger partial charge in [-0.3, -0.25) is 9.59 Å². The van der Waals surface area contributed by atoms with E-state index in [1.165, 1.54) is 0 Å². The second kappa shape index (κ2) is 8.20. The van der Waals surface area contributed by atoms with Gasteiger partial charge in [-0.1, -0.05) is 0 Å². The fourth-order valence-electron chi connectivity index (χ4n) is 1.48. The number of aliphatic carboxylic acids is 1. The Morgan fingerprint density at radius 1 is 1.18 bits per heavy atom. The normalized spacial score (nSPS) is 13.6. The van der Waals surface area contributed by atoms with Gasteiger partial charge in [-0.15, -0.1) is 0 Å². The van der Waals surface area contributed by atoms with E-state index >= 15 is 0 Å². The molecule has 4 N–H and O–H groups in total. The lowest BCUT2D eigenvalue weighted by Gasteiger charge is -2.22. The van der Waals surface area contributed by atoms with Crippen molar-refractivity contribution >= 4 is 23.9 Å². The number of alkyl carbamates (subject to hydrolysis) is 1. The highest BCUT2D eigenvalue weighted by Crippen LogP contribution is 2.10. The second-order valence-electron chi connectivity index (χ2n) is 5.61. The van der Waals surface area contributed by atoms with Gasteiger partial charge in [0.05, 0.1) is 0 Å². The van der Waals surface area contributed by atoms with Crippen molar-refractivity contribution in [2.75, 3.05) is 0 Å². The van der Waals surface area contributed by atoms with Crippen molar-refractivity contribution in [1.29, 1.82) is 0 Å². The number of rotatable bonds is 7. The van der Waals surface area contributed by atoms with Crippen molar-refractivity contribution in [2.45, 2.75) is 58.3 Å². The summed E-state index contributed by atoms with van der Waals surface area (Å²) in [6, 6.07) is -1.30. The first-order valence-electron chi connectivity index (χ1n) is 6.61. The van der Waals surface area contributed by atoms with Gasteiger partial charge in [-0.05, 0) is 33.6 Å². The standard InChI is InChI=1S/C13H22N2O7/c1-7(16)21-9(10(14)17)6-5-8(11(18)19)15-12(20)22-13(2,3)4/h8-9H,5-6H2,1-4H3,(H2,14,17)(H,15,20)(H,18,19)/t8-,9?/m0/s1. The van der Waals surface area contributed by atoms with Crippen LogP contribution >= 0.6 is 0 Å². The van der Waals surface area contributed by atoms with Gasteiger partial charge in [0, 0.05) is 6.92 Å². The number of primary amides is 1. The Morgan fingerprint density at radius 3 is 2.09 bits per heavy atom. The summed E-state index contributed by atoms with van der Waals surface area (Å²) in [7, 11) is 0. The zero-order valence-corrected chi connectivity index (χ0v) is 13.0. The molecule has 0 aliphatic rings. The number of nitrogens with two attached hydrogens (primary N) is 1. The van der Waals surface area contributed by atoms with Gasteiger partial charge >= 0.3 is 18.0 Å². The maximum atomic E-state index is 11.6. The molecule has 2 atom stereocenters. The highest BCUT2D eigenvalue weighted by Gasteiger charge is 2.27. The molecule has 0 aliphatic heterocycles. The molecule has 126 valence electrons.